The number of ketones is 1. The quantitative estimate of drug-likeness (QED) is 0.731. The summed E-state index contributed by atoms with van der Waals surface area (Å²) in [5.74, 6) is -0.763. The molecule has 0 fully saturated rings. The summed E-state index contributed by atoms with van der Waals surface area (Å²) in [6, 6.07) is 3.87. The molecule has 0 aliphatic carbocycles. The van der Waals surface area contributed by atoms with Crippen LogP contribution in [0.3, 0.4) is 0 Å². The first-order chi connectivity index (χ1) is 7.41. The van der Waals surface area contributed by atoms with Gasteiger partial charge < -0.3 is 4.90 Å². The monoisotopic (exact) mass is 223 g/mol. The number of nitrogens with zero attached hydrogens (tertiary/aromatic N) is 1. The van der Waals surface area contributed by atoms with Crippen molar-refractivity contribution in [2.24, 2.45) is 0 Å². The van der Waals surface area contributed by atoms with Crippen molar-refractivity contribution in [3.8, 4) is 0 Å². The average molecular weight is 223 g/mol. The Kier molecular flexibility index (Phi) is 3.77. The lowest BCUT2D eigenvalue weighted by atomic mass is 10.0. The van der Waals surface area contributed by atoms with Gasteiger partial charge in [0.15, 0.2) is 5.78 Å². The molecule has 0 bridgehead atoms. The Morgan fingerprint density at radius 3 is 2.44 bits per heavy atom. The molecular formula is C12H14FNO2. The van der Waals surface area contributed by atoms with Gasteiger partial charge in [0.25, 0.3) is 0 Å². The molecule has 0 spiro atoms. The number of carbonyl (C=O) groups excluding carboxylic acids is 2. The maximum atomic E-state index is 13.0. The van der Waals surface area contributed by atoms with Crippen LogP contribution in [0, 0.1) is 5.82 Å². The van der Waals surface area contributed by atoms with E-state index in [2.05, 4.69) is 0 Å². The molecule has 0 aromatic heterocycles. The maximum absolute atomic E-state index is 13.0. The number of amides is 1. The molecule has 0 aliphatic heterocycles. The van der Waals surface area contributed by atoms with Gasteiger partial charge in [0.05, 0.1) is 6.42 Å². The highest BCUT2D eigenvalue weighted by Crippen LogP contribution is 2.13. The molecule has 16 heavy (non-hydrogen) atoms. The largest absolute Gasteiger partial charge is 0.349 e. The predicted molar refractivity (Wildman–Crippen MR) is 58.8 cm³/mol. The first kappa shape index (κ1) is 12.4. The molecule has 1 rings (SSSR count). The van der Waals surface area contributed by atoms with Crippen LogP contribution >= 0.6 is 0 Å². The normalized spacial score (nSPS) is 10.0. The Balaban J connectivity index is 3.06. The zero-order valence-corrected chi connectivity index (χ0v) is 9.58. The van der Waals surface area contributed by atoms with E-state index in [9.17, 15) is 14.0 Å². The lowest BCUT2D eigenvalue weighted by molar-refractivity contribution is -0.127. The molecule has 0 saturated heterocycles. The van der Waals surface area contributed by atoms with Crippen LogP contribution in [0.1, 0.15) is 22.8 Å². The highest BCUT2D eigenvalue weighted by molar-refractivity contribution is 5.96. The van der Waals surface area contributed by atoms with Crippen LogP contribution in [0.5, 0.6) is 0 Å². The Morgan fingerprint density at radius 1 is 1.31 bits per heavy atom. The Morgan fingerprint density at radius 2 is 1.94 bits per heavy atom. The second-order valence-corrected chi connectivity index (χ2v) is 3.82. The van der Waals surface area contributed by atoms with Gasteiger partial charge in [-0.25, -0.2) is 4.39 Å². The summed E-state index contributed by atoms with van der Waals surface area (Å²) in [5.41, 5.74) is 0.836. The van der Waals surface area contributed by atoms with Gasteiger partial charge >= 0.3 is 0 Å². The molecule has 0 heterocycles. The van der Waals surface area contributed by atoms with E-state index in [1.165, 1.54) is 30.0 Å². The Labute approximate surface area is 93.9 Å². The van der Waals surface area contributed by atoms with Crippen LogP contribution in [0.4, 0.5) is 4.39 Å². The van der Waals surface area contributed by atoms with Crippen molar-refractivity contribution in [2.45, 2.75) is 13.3 Å². The molecule has 0 aliphatic rings. The number of hydrogen-bond acceptors (Lipinski definition) is 2. The molecule has 3 nitrogen and oxygen atoms in total. The molecule has 0 atom stereocenters. The molecule has 0 N–H and O–H groups in total. The number of hydrogen-bond donors (Lipinski definition) is 0. The van der Waals surface area contributed by atoms with E-state index in [1.807, 2.05) is 0 Å². The van der Waals surface area contributed by atoms with E-state index in [0.717, 1.165) is 0 Å². The number of halogens is 1. The molecule has 0 saturated carbocycles. The fraction of sp³-hybridized carbons (Fsp3) is 0.333. The van der Waals surface area contributed by atoms with E-state index >= 15 is 0 Å². The Hall–Kier alpha value is -1.71. The van der Waals surface area contributed by atoms with Gasteiger partial charge in [-0.2, -0.15) is 0 Å². The summed E-state index contributed by atoms with van der Waals surface area (Å²) in [6.07, 6.45) is 0.0413. The van der Waals surface area contributed by atoms with Gasteiger partial charge in [0, 0.05) is 19.7 Å². The van der Waals surface area contributed by atoms with Crippen molar-refractivity contribution in [3.05, 3.63) is 35.1 Å². The summed E-state index contributed by atoms with van der Waals surface area (Å²) in [5, 5.41) is 0. The molecule has 4 heteroatoms. The third-order valence-electron chi connectivity index (χ3n) is 2.29. The number of rotatable bonds is 3. The zero-order valence-electron chi connectivity index (χ0n) is 9.58. The minimum atomic E-state index is -0.438. The van der Waals surface area contributed by atoms with Crippen LogP contribution in [0.2, 0.25) is 0 Å². The lowest BCUT2D eigenvalue weighted by Gasteiger charge is -2.12. The Bertz CT molecular complexity index is 427. The summed E-state index contributed by atoms with van der Waals surface area (Å²) < 4.78 is 13.0. The fourth-order valence-electron chi connectivity index (χ4n) is 1.37. The zero-order chi connectivity index (χ0) is 12.3. The molecule has 86 valence electrons. The topological polar surface area (TPSA) is 37.4 Å². The second kappa shape index (κ2) is 4.88. The van der Waals surface area contributed by atoms with Crippen molar-refractivity contribution < 1.29 is 14.0 Å². The number of likely N-dealkylation sites (N-methyl/N-ethyl adjacent to an activating group) is 1. The van der Waals surface area contributed by atoms with Crippen molar-refractivity contribution >= 4 is 11.7 Å². The number of benzene rings is 1. The summed E-state index contributed by atoms with van der Waals surface area (Å²) >= 11 is 0. The van der Waals surface area contributed by atoms with Crippen molar-refractivity contribution in [1.29, 1.82) is 0 Å². The third kappa shape index (κ3) is 2.89. The predicted octanol–water partition coefficient (Wildman–Crippen LogP) is 1.66. The van der Waals surface area contributed by atoms with Crippen LogP contribution in [-0.4, -0.2) is 30.7 Å². The lowest BCUT2D eigenvalue weighted by Crippen LogP contribution is -2.24. The van der Waals surface area contributed by atoms with Gasteiger partial charge in [-0.05, 0) is 30.7 Å². The van der Waals surface area contributed by atoms with Crippen molar-refractivity contribution in [1.82, 2.24) is 4.90 Å². The van der Waals surface area contributed by atoms with Gasteiger partial charge in [0.2, 0.25) is 5.91 Å². The van der Waals surface area contributed by atoms with Crippen LogP contribution in [-0.2, 0) is 11.2 Å². The molecule has 1 aromatic carbocycles. The standard InChI is InChI=1S/C12H14FNO2/c1-8(15)11-5-4-10(13)6-9(11)7-12(16)14(2)3/h4-6H,7H2,1-3H3. The number of carbonyl (C=O) groups is 2. The molecular weight excluding hydrogens is 209 g/mol. The molecule has 1 amide bonds. The van der Waals surface area contributed by atoms with Gasteiger partial charge in [0.1, 0.15) is 5.82 Å². The summed E-state index contributed by atoms with van der Waals surface area (Å²) in [4.78, 5) is 24.2. The number of Topliss-reactive ketones (excluding diaryl/α,β-unsaturated/α-hetero) is 1. The smallest absolute Gasteiger partial charge is 0.226 e. The fourth-order valence-corrected chi connectivity index (χ4v) is 1.37. The van der Waals surface area contributed by atoms with E-state index in [1.54, 1.807) is 14.1 Å². The minimum absolute atomic E-state index is 0.0413. The van der Waals surface area contributed by atoms with Crippen LogP contribution < -0.4 is 0 Å². The molecule has 0 unspecified atom stereocenters. The molecule has 0 radical (unpaired) electrons. The van der Waals surface area contributed by atoms with Crippen molar-refractivity contribution in [3.63, 3.8) is 0 Å². The first-order valence-corrected chi connectivity index (χ1v) is 4.91. The minimum Gasteiger partial charge on any atom is -0.349 e. The first-order valence-electron chi connectivity index (χ1n) is 4.91. The summed E-state index contributed by atoms with van der Waals surface area (Å²) in [7, 11) is 3.24. The van der Waals surface area contributed by atoms with Crippen LogP contribution in [0.15, 0.2) is 18.2 Å². The van der Waals surface area contributed by atoms with E-state index in [4.69, 9.17) is 0 Å². The maximum Gasteiger partial charge on any atom is 0.226 e. The SMILES string of the molecule is CC(=O)c1ccc(F)cc1CC(=O)N(C)C. The third-order valence-corrected chi connectivity index (χ3v) is 2.29. The van der Waals surface area contributed by atoms with E-state index in [0.29, 0.717) is 11.1 Å². The van der Waals surface area contributed by atoms with Crippen molar-refractivity contribution in [2.75, 3.05) is 14.1 Å². The van der Waals surface area contributed by atoms with Gasteiger partial charge in [-0.3, -0.25) is 9.59 Å². The van der Waals surface area contributed by atoms with Gasteiger partial charge in [-0.15, -0.1) is 0 Å². The van der Waals surface area contributed by atoms with E-state index in [-0.39, 0.29) is 18.1 Å². The van der Waals surface area contributed by atoms with E-state index < -0.39 is 5.82 Å². The highest BCUT2D eigenvalue weighted by Gasteiger charge is 2.13. The van der Waals surface area contributed by atoms with Crippen LogP contribution in [0.25, 0.3) is 0 Å². The highest BCUT2D eigenvalue weighted by atomic mass is 19.1. The average Bonchev–Trinajstić information content (AvgIpc) is 2.16. The second-order valence-electron chi connectivity index (χ2n) is 3.82. The summed E-state index contributed by atoms with van der Waals surface area (Å²) in [6.45, 7) is 1.40. The van der Waals surface area contributed by atoms with Gasteiger partial charge in [-0.1, -0.05) is 0 Å². The molecule has 1 aromatic rings.